The Hall–Kier alpha value is -1.71. The van der Waals surface area contributed by atoms with E-state index in [1.165, 1.54) is 11.1 Å². The summed E-state index contributed by atoms with van der Waals surface area (Å²) in [6.07, 6.45) is 3.35. The number of carbonyl (C=O) groups excluding carboxylic acids is 1. The summed E-state index contributed by atoms with van der Waals surface area (Å²) in [6.45, 7) is 5.61. The number of carbonyl (C=O) groups is 1. The molecule has 1 aromatic carbocycles. The molecule has 0 saturated carbocycles. The normalized spacial score (nSPS) is 18.9. The lowest BCUT2D eigenvalue weighted by atomic mass is 10.0. The molecule has 0 saturated heterocycles. The van der Waals surface area contributed by atoms with Gasteiger partial charge in [0, 0.05) is 11.7 Å². The van der Waals surface area contributed by atoms with Crippen LogP contribution in [0.3, 0.4) is 0 Å². The van der Waals surface area contributed by atoms with Crippen molar-refractivity contribution in [1.82, 2.24) is 5.32 Å². The van der Waals surface area contributed by atoms with Gasteiger partial charge in [0.05, 0.1) is 0 Å². The van der Waals surface area contributed by atoms with E-state index >= 15 is 0 Å². The van der Waals surface area contributed by atoms with E-state index in [0.717, 1.165) is 31.4 Å². The van der Waals surface area contributed by atoms with Crippen molar-refractivity contribution in [3.63, 3.8) is 0 Å². The third-order valence-corrected chi connectivity index (χ3v) is 3.54. The van der Waals surface area contributed by atoms with Gasteiger partial charge in [-0.05, 0) is 63.6 Å². The van der Waals surface area contributed by atoms with E-state index in [-0.39, 0.29) is 12.1 Å². The van der Waals surface area contributed by atoms with Gasteiger partial charge in [0.2, 0.25) is 0 Å². The van der Waals surface area contributed by atoms with Crippen molar-refractivity contribution in [2.45, 2.75) is 58.1 Å². The molecule has 110 valence electrons. The van der Waals surface area contributed by atoms with E-state index in [1.807, 2.05) is 32.9 Å². The fraction of sp³-hybridized carbons (Fsp3) is 0.562. The van der Waals surface area contributed by atoms with Crippen LogP contribution in [-0.2, 0) is 17.6 Å². The van der Waals surface area contributed by atoms with E-state index in [0.29, 0.717) is 0 Å². The number of nitrogen functional groups attached to an aromatic ring is 1. The smallest absolute Gasteiger partial charge is 0.407 e. The van der Waals surface area contributed by atoms with Gasteiger partial charge < -0.3 is 15.8 Å². The van der Waals surface area contributed by atoms with Crippen LogP contribution < -0.4 is 11.1 Å². The van der Waals surface area contributed by atoms with Gasteiger partial charge in [-0.1, -0.05) is 12.1 Å². The molecule has 1 aliphatic rings. The minimum absolute atomic E-state index is 0.150. The predicted octanol–water partition coefficient (Wildman–Crippen LogP) is 3.04. The first-order chi connectivity index (χ1) is 9.35. The average molecular weight is 276 g/mol. The minimum Gasteiger partial charge on any atom is -0.444 e. The number of amides is 1. The number of hydrogen-bond donors (Lipinski definition) is 2. The van der Waals surface area contributed by atoms with Gasteiger partial charge >= 0.3 is 6.09 Å². The quantitative estimate of drug-likeness (QED) is 0.612. The van der Waals surface area contributed by atoms with Crippen LogP contribution in [0.15, 0.2) is 18.2 Å². The lowest BCUT2D eigenvalue weighted by Gasteiger charge is -2.22. The van der Waals surface area contributed by atoms with Crippen LogP contribution in [0.2, 0.25) is 0 Å². The molecule has 1 unspecified atom stereocenters. The highest BCUT2D eigenvalue weighted by Gasteiger charge is 2.22. The van der Waals surface area contributed by atoms with Crippen LogP contribution >= 0.6 is 0 Å². The molecule has 0 aromatic heterocycles. The lowest BCUT2D eigenvalue weighted by Crippen LogP contribution is -2.39. The standard InChI is InChI=1S/C16H24N2O2/c1-16(2,3)20-15(19)18-12-8-7-11-5-4-6-14(17)13(11)10-9-12/h4-6,12H,7-10,17H2,1-3H3,(H,18,19). The van der Waals surface area contributed by atoms with Gasteiger partial charge in [-0.2, -0.15) is 0 Å². The van der Waals surface area contributed by atoms with E-state index < -0.39 is 5.60 Å². The monoisotopic (exact) mass is 276 g/mol. The highest BCUT2D eigenvalue weighted by molar-refractivity contribution is 5.68. The summed E-state index contributed by atoms with van der Waals surface area (Å²) in [5.74, 6) is 0. The minimum atomic E-state index is -0.456. The maximum Gasteiger partial charge on any atom is 0.407 e. The fourth-order valence-corrected chi connectivity index (χ4v) is 2.60. The summed E-state index contributed by atoms with van der Waals surface area (Å²) in [5, 5.41) is 2.97. The Bertz CT molecular complexity index is 492. The molecule has 0 spiro atoms. The molecule has 0 bridgehead atoms. The number of benzene rings is 1. The third-order valence-electron chi connectivity index (χ3n) is 3.54. The first kappa shape index (κ1) is 14.7. The number of hydrogen-bond acceptors (Lipinski definition) is 3. The van der Waals surface area contributed by atoms with Gasteiger partial charge in [-0.15, -0.1) is 0 Å². The van der Waals surface area contributed by atoms with E-state index in [9.17, 15) is 4.79 Å². The van der Waals surface area contributed by atoms with E-state index in [1.54, 1.807) is 0 Å². The molecule has 1 atom stereocenters. The fourth-order valence-electron chi connectivity index (χ4n) is 2.60. The Morgan fingerprint density at radius 1 is 1.30 bits per heavy atom. The molecule has 0 radical (unpaired) electrons. The van der Waals surface area contributed by atoms with Gasteiger partial charge in [0.15, 0.2) is 0 Å². The van der Waals surface area contributed by atoms with Crippen molar-refractivity contribution in [2.24, 2.45) is 0 Å². The van der Waals surface area contributed by atoms with Crippen molar-refractivity contribution in [1.29, 1.82) is 0 Å². The Morgan fingerprint density at radius 3 is 2.70 bits per heavy atom. The van der Waals surface area contributed by atoms with Crippen LogP contribution in [-0.4, -0.2) is 17.7 Å². The van der Waals surface area contributed by atoms with Crippen molar-refractivity contribution in [3.05, 3.63) is 29.3 Å². The topological polar surface area (TPSA) is 64.3 Å². The molecule has 4 nitrogen and oxygen atoms in total. The molecule has 3 N–H and O–H groups in total. The van der Waals surface area contributed by atoms with Gasteiger partial charge in [0.1, 0.15) is 5.60 Å². The molecule has 1 aliphatic carbocycles. The van der Waals surface area contributed by atoms with Crippen molar-refractivity contribution in [2.75, 3.05) is 5.73 Å². The molecule has 1 aromatic rings. The largest absolute Gasteiger partial charge is 0.444 e. The van der Waals surface area contributed by atoms with Crippen molar-refractivity contribution >= 4 is 11.8 Å². The molecule has 20 heavy (non-hydrogen) atoms. The molecule has 1 amide bonds. The second-order valence-corrected chi connectivity index (χ2v) is 6.41. The molecule has 0 heterocycles. The summed E-state index contributed by atoms with van der Waals surface area (Å²) in [7, 11) is 0. The predicted molar refractivity (Wildman–Crippen MR) is 80.7 cm³/mol. The van der Waals surface area contributed by atoms with E-state index in [2.05, 4.69) is 11.4 Å². The zero-order chi connectivity index (χ0) is 14.8. The molecule has 0 fully saturated rings. The summed E-state index contributed by atoms with van der Waals surface area (Å²) < 4.78 is 5.31. The van der Waals surface area contributed by atoms with Crippen LogP contribution in [0.5, 0.6) is 0 Å². The Morgan fingerprint density at radius 2 is 2.00 bits per heavy atom. The maximum atomic E-state index is 11.8. The third kappa shape index (κ3) is 3.89. The molecular formula is C16H24N2O2. The molecular weight excluding hydrogens is 252 g/mol. The maximum absolute atomic E-state index is 11.8. The molecule has 2 rings (SSSR count). The van der Waals surface area contributed by atoms with Crippen LogP contribution in [0.4, 0.5) is 10.5 Å². The summed E-state index contributed by atoms with van der Waals surface area (Å²) in [4.78, 5) is 11.8. The summed E-state index contributed by atoms with van der Waals surface area (Å²) in [5.41, 5.74) is 8.98. The zero-order valence-electron chi connectivity index (χ0n) is 12.5. The van der Waals surface area contributed by atoms with Gasteiger partial charge in [0.25, 0.3) is 0 Å². The van der Waals surface area contributed by atoms with Gasteiger partial charge in [-0.25, -0.2) is 4.79 Å². The molecule has 0 aliphatic heterocycles. The molecule has 4 heteroatoms. The first-order valence-electron chi connectivity index (χ1n) is 7.21. The van der Waals surface area contributed by atoms with Crippen LogP contribution in [0.25, 0.3) is 0 Å². The highest BCUT2D eigenvalue weighted by atomic mass is 16.6. The highest BCUT2D eigenvalue weighted by Crippen LogP contribution is 2.25. The zero-order valence-corrected chi connectivity index (χ0v) is 12.5. The second kappa shape index (κ2) is 5.73. The second-order valence-electron chi connectivity index (χ2n) is 6.41. The van der Waals surface area contributed by atoms with E-state index in [4.69, 9.17) is 10.5 Å². The lowest BCUT2D eigenvalue weighted by molar-refractivity contribution is 0.0500. The number of anilines is 1. The number of nitrogens with two attached hydrogens (primary N) is 1. The Balaban J connectivity index is 1.96. The summed E-state index contributed by atoms with van der Waals surface area (Å²) >= 11 is 0. The van der Waals surface area contributed by atoms with Crippen molar-refractivity contribution in [3.8, 4) is 0 Å². The van der Waals surface area contributed by atoms with Crippen molar-refractivity contribution < 1.29 is 9.53 Å². The van der Waals surface area contributed by atoms with Crippen LogP contribution in [0, 0.1) is 0 Å². The average Bonchev–Trinajstić information content (AvgIpc) is 2.51. The van der Waals surface area contributed by atoms with Gasteiger partial charge in [-0.3, -0.25) is 0 Å². The Kier molecular flexibility index (Phi) is 4.21. The number of nitrogens with one attached hydrogen (secondary N) is 1. The Labute approximate surface area is 120 Å². The number of ether oxygens (including phenoxy) is 1. The SMILES string of the molecule is CC(C)(C)OC(=O)NC1CCc2cccc(N)c2CC1. The number of rotatable bonds is 1. The number of aryl methyl sites for hydroxylation is 1. The number of fused-ring (bicyclic) bond motifs is 1. The first-order valence-corrected chi connectivity index (χ1v) is 7.21. The van der Waals surface area contributed by atoms with Crippen LogP contribution in [0.1, 0.15) is 44.7 Å². The summed E-state index contributed by atoms with van der Waals surface area (Å²) in [6, 6.07) is 6.22. The number of alkyl carbamates (subject to hydrolysis) is 1.